The summed E-state index contributed by atoms with van der Waals surface area (Å²) in [5.41, 5.74) is 0.310. The van der Waals surface area contributed by atoms with Gasteiger partial charge < -0.3 is 4.43 Å². The first-order chi connectivity index (χ1) is 16.7. The van der Waals surface area contributed by atoms with Gasteiger partial charge in [0.15, 0.2) is 29.1 Å². The number of benzene rings is 1. The topological polar surface area (TPSA) is 26.3 Å². The number of carbonyl (C=O) groups is 1. The molecule has 0 spiro atoms. The molecule has 0 saturated heterocycles. The molecule has 0 aromatic heterocycles. The van der Waals surface area contributed by atoms with Crippen molar-refractivity contribution in [2.45, 2.75) is 90.8 Å². The van der Waals surface area contributed by atoms with Crippen molar-refractivity contribution in [3.8, 4) is 0 Å². The fraction of sp³-hybridized carbons (Fsp3) is 0.679. The van der Waals surface area contributed by atoms with E-state index in [0.29, 0.717) is 30.6 Å². The summed E-state index contributed by atoms with van der Waals surface area (Å²) in [6.45, 7) is 9.53. The molecule has 4 aliphatic rings. The Balaban J connectivity index is 1.47. The zero-order valence-corrected chi connectivity index (χ0v) is 22.7. The molecule has 1 aromatic carbocycles. The van der Waals surface area contributed by atoms with E-state index >= 15 is 0 Å². The third-order valence-corrected chi connectivity index (χ3v) is 13.4. The molecule has 198 valence electrons. The highest BCUT2D eigenvalue weighted by Gasteiger charge is 2.64. The monoisotopic (exact) mass is 526 g/mol. The summed E-state index contributed by atoms with van der Waals surface area (Å²) in [5, 5.41) is -0.785. The number of carbonyl (C=O) groups excluding carboxylic acids is 1. The van der Waals surface area contributed by atoms with Gasteiger partial charge in [-0.15, -0.1) is 0 Å². The first kappa shape index (κ1) is 26.1. The van der Waals surface area contributed by atoms with Crippen molar-refractivity contribution in [3.63, 3.8) is 0 Å². The maximum atomic E-state index is 14.8. The molecule has 5 rings (SSSR count). The van der Waals surface area contributed by atoms with E-state index in [1.54, 1.807) is 0 Å². The van der Waals surface area contributed by atoms with Gasteiger partial charge in [0.2, 0.25) is 14.1 Å². The lowest BCUT2D eigenvalue weighted by Crippen LogP contribution is -2.60. The van der Waals surface area contributed by atoms with Crippen molar-refractivity contribution < 1.29 is 31.2 Å². The summed E-state index contributed by atoms with van der Waals surface area (Å²) >= 11 is 0. The first-order valence-corrected chi connectivity index (χ1v) is 16.0. The minimum absolute atomic E-state index is 0.0292. The average molecular weight is 527 g/mol. The number of rotatable bonds is 3. The highest BCUT2D eigenvalue weighted by Crippen LogP contribution is 2.68. The van der Waals surface area contributed by atoms with Crippen LogP contribution in [0.3, 0.4) is 0 Å². The van der Waals surface area contributed by atoms with Crippen LogP contribution in [0.4, 0.5) is 22.0 Å². The van der Waals surface area contributed by atoms with E-state index in [4.69, 9.17) is 4.43 Å². The fourth-order valence-corrected chi connectivity index (χ4v) is 11.5. The average Bonchev–Trinajstić information content (AvgIpc) is 3.06. The van der Waals surface area contributed by atoms with Crippen molar-refractivity contribution in [1.29, 1.82) is 0 Å². The van der Waals surface area contributed by atoms with E-state index in [0.717, 1.165) is 38.5 Å². The van der Waals surface area contributed by atoms with Crippen LogP contribution < -0.4 is 5.19 Å². The molecule has 4 aliphatic carbocycles. The molecule has 0 radical (unpaired) electrons. The van der Waals surface area contributed by atoms with Crippen molar-refractivity contribution in [2.24, 2.45) is 28.6 Å². The van der Waals surface area contributed by atoms with Crippen molar-refractivity contribution in [1.82, 2.24) is 0 Å². The fourth-order valence-electron chi connectivity index (χ4n) is 8.70. The van der Waals surface area contributed by atoms with E-state index in [9.17, 15) is 26.7 Å². The van der Waals surface area contributed by atoms with Crippen LogP contribution in [0.1, 0.15) is 72.1 Å². The molecule has 36 heavy (non-hydrogen) atoms. The number of allylic oxidation sites excluding steroid dienone is 1. The van der Waals surface area contributed by atoms with Crippen molar-refractivity contribution in [3.05, 3.63) is 40.7 Å². The maximum Gasteiger partial charge on any atom is 0.225 e. The molecular weight excluding hydrogens is 491 g/mol. The molecule has 8 heteroatoms. The summed E-state index contributed by atoms with van der Waals surface area (Å²) in [6.07, 6.45) is 8.71. The van der Waals surface area contributed by atoms with Crippen LogP contribution in [0.15, 0.2) is 11.6 Å². The zero-order valence-electron chi connectivity index (χ0n) is 21.7. The SMILES string of the molecule is C[C@]12CCC(=O)C=C1CC[C@@H]1[C@@H]2CC[C@@]2(C)[C@H]1CC[C@@]2(C)O[Si](C)(C)c1c(F)c(F)c(F)c(F)c1F. The van der Waals surface area contributed by atoms with Crippen molar-refractivity contribution in [2.75, 3.05) is 0 Å². The molecule has 0 unspecified atom stereocenters. The Bertz CT molecular complexity index is 1140. The number of ketones is 1. The standard InChI is InChI=1S/C28H35F5O2Si/c1-26-11-8-16(34)14-15(26)6-7-17-18(26)9-12-27(2)19(17)10-13-28(27,3)35-36(4,5)25-23(32)21(30)20(29)22(31)24(25)33/h14,17-19H,6-13H2,1-5H3/t17-,18+,19+,26+,27+,28-/m1/s1. The van der Waals surface area contributed by atoms with Gasteiger partial charge in [0.1, 0.15) is 0 Å². The zero-order chi connectivity index (χ0) is 26.4. The van der Waals surface area contributed by atoms with Gasteiger partial charge in [0.05, 0.1) is 5.60 Å². The van der Waals surface area contributed by atoms with Crippen LogP contribution in [0.2, 0.25) is 13.1 Å². The highest BCUT2D eigenvalue weighted by atomic mass is 28.4. The Hall–Kier alpha value is -1.54. The lowest BCUT2D eigenvalue weighted by molar-refractivity contribution is -0.120. The molecule has 3 saturated carbocycles. The molecule has 0 heterocycles. The number of halogens is 5. The Morgan fingerprint density at radius 2 is 1.39 bits per heavy atom. The molecule has 0 bridgehead atoms. The Morgan fingerprint density at radius 1 is 0.806 bits per heavy atom. The van der Waals surface area contributed by atoms with E-state index in [1.165, 1.54) is 18.7 Å². The third kappa shape index (κ3) is 3.45. The summed E-state index contributed by atoms with van der Waals surface area (Å²) in [5.74, 6) is -8.02. The smallest absolute Gasteiger partial charge is 0.225 e. The number of hydrogen-bond acceptors (Lipinski definition) is 2. The Kier molecular flexibility index (Phi) is 5.96. The lowest BCUT2D eigenvalue weighted by atomic mass is 9.46. The molecule has 1 aromatic rings. The minimum Gasteiger partial charge on any atom is -0.407 e. The van der Waals surface area contributed by atoms with E-state index in [-0.39, 0.29) is 16.6 Å². The second-order valence-electron chi connectivity index (χ2n) is 12.8. The molecule has 6 atom stereocenters. The van der Waals surface area contributed by atoms with Gasteiger partial charge in [-0.05, 0) is 99.6 Å². The second-order valence-corrected chi connectivity index (χ2v) is 16.5. The second kappa shape index (κ2) is 8.23. The Labute approximate surface area is 210 Å². The summed E-state index contributed by atoms with van der Waals surface area (Å²) in [7, 11) is -3.55. The molecule has 0 aliphatic heterocycles. The van der Waals surface area contributed by atoms with Crippen LogP contribution in [0.5, 0.6) is 0 Å². The quantitative estimate of drug-likeness (QED) is 0.182. The van der Waals surface area contributed by atoms with Gasteiger partial charge >= 0.3 is 0 Å². The summed E-state index contributed by atoms with van der Waals surface area (Å²) in [4.78, 5) is 12.1. The van der Waals surface area contributed by atoms with Crippen LogP contribution >= 0.6 is 0 Å². The van der Waals surface area contributed by atoms with E-state index in [1.807, 2.05) is 13.0 Å². The summed E-state index contributed by atoms with van der Waals surface area (Å²) in [6, 6.07) is 0. The first-order valence-electron chi connectivity index (χ1n) is 13.1. The predicted molar refractivity (Wildman–Crippen MR) is 130 cm³/mol. The molecule has 0 N–H and O–H groups in total. The van der Waals surface area contributed by atoms with Gasteiger partial charge in [0.25, 0.3) is 0 Å². The van der Waals surface area contributed by atoms with Gasteiger partial charge in [-0.3, -0.25) is 4.79 Å². The normalized spacial score (nSPS) is 38.3. The van der Waals surface area contributed by atoms with Crippen LogP contribution in [-0.2, 0) is 9.22 Å². The van der Waals surface area contributed by atoms with Crippen LogP contribution in [0.25, 0.3) is 0 Å². The number of hydrogen-bond donors (Lipinski definition) is 0. The van der Waals surface area contributed by atoms with Crippen LogP contribution in [-0.4, -0.2) is 19.7 Å². The number of fused-ring (bicyclic) bond motifs is 5. The van der Waals surface area contributed by atoms with Gasteiger partial charge in [-0.2, -0.15) is 0 Å². The predicted octanol–water partition coefficient (Wildman–Crippen LogP) is 7.10. The Morgan fingerprint density at radius 3 is 2.03 bits per heavy atom. The lowest BCUT2D eigenvalue weighted by Gasteiger charge is -2.60. The van der Waals surface area contributed by atoms with Gasteiger partial charge in [-0.1, -0.05) is 19.4 Å². The molecule has 0 amide bonds. The van der Waals surface area contributed by atoms with E-state index < -0.39 is 48.2 Å². The third-order valence-electron chi connectivity index (χ3n) is 10.8. The van der Waals surface area contributed by atoms with Crippen molar-refractivity contribution >= 4 is 19.3 Å². The largest absolute Gasteiger partial charge is 0.407 e. The summed E-state index contributed by atoms with van der Waals surface area (Å²) < 4.78 is 78.0. The minimum atomic E-state index is -3.55. The molecule has 2 nitrogen and oxygen atoms in total. The van der Waals surface area contributed by atoms with Crippen LogP contribution in [0, 0.1) is 57.7 Å². The van der Waals surface area contributed by atoms with Gasteiger partial charge in [-0.25, -0.2) is 22.0 Å². The van der Waals surface area contributed by atoms with Gasteiger partial charge in [0, 0.05) is 11.6 Å². The highest BCUT2D eigenvalue weighted by molar-refractivity contribution is 6.84. The molecule has 3 fully saturated rings. The maximum absolute atomic E-state index is 14.8. The van der Waals surface area contributed by atoms with E-state index in [2.05, 4.69) is 13.8 Å². The molecular formula is C28H35F5O2Si.